The molecule has 4 aliphatic rings. The molecule has 204 valence electrons. The molecule has 0 saturated carbocycles. The lowest BCUT2D eigenvalue weighted by atomic mass is 9.74. The number of anilines is 1. The zero-order chi connectivity index (χ0) is 27.4. The molecule has 1 unspecified atom stereocenters. The maximum Gasteiger partial charge on any atom is 0.313 e. The van der Waals surface area contributed by atoms with Crippen LogP contribution in [0.3, 0.4) is 0 Å². The van der Waals surface area contributed by atoms with E-state index in [2.05, 4.69) is 0 Å². The van der Waals surface area contributed by atoms with Gasteiger partial charge in [0.2, 0.25) is 5.91 Å². The number of halogens is 1. The number of para-hydroxylation sites is 1. The number of rotatable bonds is 4. The number of cyclic esters (lactones) is 1. The van der Waals surface area contributed by atoms with Crippen LogP contribution in [0.2, 0.25) is 5.02 Å². The smallest absolute Gasteiger partial charge is 0.313 e. The van der Waals surface area contributed by atoms with Gasteiger partial charge in [-0.2, -0.15) is 0 Å². The number of ether oxygens (including phenoxy) is 2. The Morgan fingerprint density at radius 1 is 1.13 bits per heavy atom. The fourth-order valence-corrected chi connectivity index (χ4v) is 7.04. The average Bonchev–Trinajstić information content (AvgIpc) is 3.20. The van der Waals surface area contributed by atoms with E-state index in [9.17, 15) is 19.5 Å². The molecular formula is C29H35ClN2O6. The first-order chi connectivity index (χ1) is 18.1. The van der Waals surface area contributed by atoms with Crippen LogP contribution in [0.4, 0.5) is 5.69 Å². The number of benzene rings is 1. The Morgan fingerprint density at radius 2 is 1.89 bits per heavy atom. The normalized spacial score (nSPS) is 34.6. The number of fused-ring (bicyclic) bond motifs is 2. The van der Waals surface area contributed by atoms with Crippen molar-refractivity contribution in [2.24, 2.45) is 17.8 Å². The summed E-state index contributed by atoms with van der Waals surface area (Å²) in [5.74, 6) is -3.37. The summed E-state index contributed by atoms with van der Waals surface area (Å²) in [5, 5.41) is 10.8. The largest absolute Gasteiger partial charge is 0.465 e. The van der Waals surface area contributed by atoms with E-state index in [4.69, 9.17) is 21.1 Å². The van der Waals surface area contributed by atoms with Gasteiger partial charge in [-0.15, -0.1) is 0 Å². The summed E-state index contributed by atoms with van der Waals surface area (Å²) in [4.78, 5) is 45.5. The fourth-order valence-electron chi connectivity index (χ4n) is 6.72. The minimum Gasteiger partial charge on any atom is -0.465 e. The Labute approximate surface area is 228 Å². The lowest BCUT2D eigenvalue weighted by Gasteiger charge is -2.41. The van der Waals surface area contributed by atoms with Crippen molar-refractivity contribution in [3.8, 4) is 0 Å². The second kappa shape index (κ2) is 9.81. The van der Waals surface area contributed by atoms with Crippen LogP contribution in [0.25, 0.3) is 0 Å². The first-order valence-corrected chi connectivity index (χ1v) is 13.7. The summed E-state index contributed by atoms with van der Waals surface area (Å²) in [6.45, 7) is 7.57. The standard InChI is InChI=1S/C29H35ClN2O6/c1-17(2)20(16-33)32-24-26(35)31(23-18(3)10-8-11-19(23)30)14-9-13-29(24)21(25(32)34)22-27(36)37-15-7-5-6-12-28(22,4)38-29/h6,8-13,17,20-22,24,33H,5,7,14-16H2,1-4H3/b12-6-/t20-,21-,22-,24?,28+,29-/m0/s1. The predicted molar refractivity (Wildman–Crippen MR) is 143 cm³/mol. The highest BCUT2D eigenvalue weighted by molar-refractivity contribution is 6.34. The third-order valence-electron chi connectivity index (χ3n) is 8.46. The summed E-state index contributed by atoms with van der Waals surface area (Å²) < 4.78 is 12.4. The van der Waals surface area contributed by atoms with Gasteiger partial charge in [0.05, 0.1) is 41.5 Å². The zero-order valence-corrected chi connectivity index (χ0v) is 23.0. The molecule has 2 fully saturated rings. The molecule has 4 heterocycles. The van der Waals surface area contributed by atoms with E-state index < -0.39 is 47.0 Å². The molecule has 4 aliphatic heterocycles. The van der Waals surface area contributed by atoms with Crippen molar-refractivity contribution in [3.63, 3.8) is 0 Å². The molecule has 2 amide bonds. The molecule has 1 aromatic rings. The number of carbonyl (C=O) groups is 3. The molecule has 0 bridgehead atoms. The second-order valence-corrected chi connectivity index (χ2v) is 11.6. The monoisotopic (exact) mass is 542 g/mol. The van der Waals surface area contributed by atoms with Gasteiger partial charge in [-0.3, -0.25) is 14.4 Å². The van der Waals surface area contributed by atoms with E-state index in [0.29, 0.717) is 23.6 Å². The first-order valence-electron chi connectivity index (χ1n) is 13.3. The van der Waals surface area contributed by atoms with Crippen molar-refractivity contribution in [3.05, 3.63) is 53.1 Å². The van der Waals surface area contributed by atoms with Crippen LogP contribution in [0.5, 0.6) is 0 Å². The number of aliphatic hydroxyl groups excluding tert-OH is 1. The van der Waals surface area contributed by atoms with Crippen LogP contribution in [0.1, 0.15) is 39.2 Å². The molecule has 0 aliphatic carbocycles. The molecule has 1 spiro atoms. The first kappa shape index (κ1) is 26.9. The Morgan fingerprint density at radius 3 is 2.58 bits per heavy atom. The quantitative estimate of drug-likeness (QED) is 0.462. The minimum atomic E-state index is -1.43. The lowest BCUT2D eigenvalue weighted by Crippen LogP contribution is -2.59. The lowest BCUT2D eigenvalue weighted by molar-refractivity contribution is -0.160. The van der Waals surface area contributed by atoms with Gasteiger partial charge >= 0.3 is 5.97 Å². The maximum absolute atomic E-state index is 14.6. The Bertz CT molecular complexity index is 1190. The molecule has 8 nitrogen and oxygen atoms in total. The molecule has 1 aromatic carbocycles. The molecule has 5 rings (SSSR count). The number of aryl methyl sites for hydroxylation is 1. The molecule has 6 atom stereocenters. The summed E-state index contributed by atoms with van der Waals surface area (Å²) >= 11 is 6.59. The predicted octanol–water partition coefficient (Wildman–Crippen LogP) is 3.43. The van der Waals surface area contributed by atoms with Gasteiger partial charge in [-0.1, -0.05) is 61.9 Å². The van der Waals surface area contributed by atoms with E-state index in [1.165, 1.54) is 4.90 Å². The van der Waals surface area contributed by atoms with E-state index >= 15 is 0 Å². The highest BCUT2D eigenvalue weighted by Crippen LogP contribution is 2.58. The van der Waals surface area contributed by atoms with Gasteiger partial charge in [0.15, 0.2) is 0 Å². The van der Waals surface area contributed by atoms with Gasteiger partial charge in [-0.05, 0) is 44.2 Å². The third kappa shape index (κ3) is 3.91. The van der Waals surface area contributed by atoms with E-state index in [1.54, 1.807) is 24.0 Å². The Kier molecular flexibility index (Phi) is 6.95. The van der Waals surface area contributed by atoms with E-state index in [0.717, 1.165) is 5.56 Å². The Hall–Kier alpha value is -2.68. The molecule has 0 radical (unpaired) electrons. The second-order valence-electron chi connectivity index (χ2n) is 11.2. The summed E-state index contributed by atoms with van der Waals surface area (Å²) in [5.41, 5.74) is -1.21. The van der Waals surface area contributed by atoms with Crippen molar-refractivity contribution in [2.45, 2.75) is 63.8 Å². The number of nitrogens with zero attached hydrogens (tertiary/aromatic N) is 2. The van der Waals surface area contributed by atoms with Crippen molar-refractivity contribution in [1.29, 1.82) is 0 Å². The number of hydrogen-bond acceptors (Lipinski definition) is 6. The van der Waals surface area contributed by atoms with Gasteiger partial charge < -0.3 is 24.4 Å². The molecule has 1 N–H and O–H groups in total. The SMILES string of the molecule is Cc1cccc(Cl)c1N1CC=C[C@]23O[C@]4(C)/C=C\CCCOC(=O)[C@@H]4[C@H]2C(=O)N([C@@H](CO)C(C)C)C3C1=O. The molecule has 2 saturated heterocycles. The third-order valence-corrected chi connectivity index (χ3v) is 8.77. The summed E-state index contributed by atoms with van der Waals surface area (Å²) in [6.07, 6.45) is 8.78. The molecular weight excluding hydrogens is 508 g/mol. The topological polar surface area (TPSA) is 96.4 Å². The number of esters is 1. The number of allylic oxidation sites excluding steroid dienone is 1. The van der Waals surface area contributed by atoms with Gasteiger partial charge in [0.1, 0.15) is 17.6 Å². The van der Waals surface area contributed by atoms with Crippen LogP contribution in [-0.4, -0.2) is 70.8 Å². The fraction of sp³-hybridized carbons (Fsp3) is 0.552. The van der Waals surface area contributed by atoms with E-state index in [1.807, 2.05) is 51.1 Å². The highest BCUT2D eigenvalue weighted by Gasteiger charge is 2.75. The number of carbonyl (C=O) groups excluding carboxylic acids is 3. The maximum atomic E-state index is 14.6. The molecule has 38 heavy (non-hydrogen) atoms. The van der Waals surface area contributed by atoms with Crippen molar-refractivity contribution < 1.29 is 29.0 Å². The van der Waals surface area contributed by atoms with Gasteiger partial charge in [0, 0.05) is 6.54 Å². The number of likely N-dealkylation sites (tertiary alicyclic amines) is 1. The van der Waals surface area contributed by atoms with Crippen LogP contribution >= 0.6 is 11.6 Å². The zero-order valence-electron chi connectivity index (χ0n) is 22.2. The number of amides is 2. The van der Waals surface area contributed by atoms with E-state index in [-0.39, 0.29) is 31.6 Å². The van der Waals surface area contributed by atoms with Crippen molar-refractivity contribution >= 4 is 35.1 Å². The Balaban J connectivity index is 1.72. The average molecular weight is 543 g/mol. The number of hydrogen-bond donors (Lipinski definition) is 1. The molecule has 0 aromatic heterocycles. The molecule has 9 heteroatoms. The van der Waals surface area contributed by atoms with Crippen LogP contribution in [-0.2, 0) is 23.9 Å². The van der Waals surface area contributed by atoms with Crippen LogP contribution in [0, 0.1) is 24.7 Å². The van der Waals surface area contributed by atoms with Crippen LogP contribution in [0.15, 0.2) is 42.5 Å². The summed E-state index contributed by atoms with van der Waals surface area (Å²) in [7, 11) is 0. The minimum absolute atomic E-state index is 0.158. The van der Waals surface area contributed by atoms with Crippen molar-refractivity contribution in [2.75, 3.05) is 24.7 Å². The van der Waals surface area contributed by atoms with Gasteiger partial charge in [0.25, 0.3) is 5.91 Å². The van der Waals surface area contributed by atoms with Crippen LogP contribution < -0.4 is 4.90 Å². The highest BCUT2D eigenvalue weighted by atomic mass is 35.5. The summed E-state index contributed by atoms with van der Waals surface area (Å²) in [6, 6.07) is 3.66. The number of aliphatic hydroxyl groups is 1. The van der Waals surface area contributed by atoms with Gasteiger partial charge in [-0.25, -0.2) is 0 Å². The van der Waals surface area contributed by atoms with Crippen molar-refractivity contribution in [1.82, 2.24) is 4.90 Å².